The van der Waals surface area contributed by atoms with Crippen molar-refractivity contribution in [2.45, 2.75) is 25.9 Å². The Morgan fingerprint density at radius 1 is 1.29 bits per heavy atom. The summed E-state index contributed by atoms with van der Waals surface area (Å²) in [6, 6.07) is 4.42. The van der Waals surface area contributed by atoms with E-state index < -0.39 is 17.9 Å². The van der Waals surface area contributed by atoms with Gasteiger partial charge in [0.1, 0.15) is 0 Å². The molecule has 9 nitrogen and oxygen atoms in total. The first kappa shape index (κ1) is 19.3. The molecule has 28 heavy (non-hydrogen) atoms. The van der Waals surface area contributed by atoms with Gasteiger partial charge in [0, 0.05) is 20.0 Å². The lowest BCUT2D eigenvalue weighted by Gasteiger charge is -2.17. The van der Waals surface area contributed by atoms with Gasteiger partial charge in [0.05, 0.1) is 42.6 Å². The van der Waals surface area contributed by atoms with Crippen molar-refractivity contribution in [3.05, 3.63) is 58.7 Å². The minimum absolute atomic E-state index is 0.00422. The van der Waals surface area contributed by atoms with Gasteiger partial charge in [-0.25, -0.2) is 14.8 Å². The van der Waals surface area contributed by atoms with Crippen LogP contribution in [0.5, 0.6) is 0 Å². The number of nitrogens with one attached hydrogen (secondary N) is 1. The number of ether oxygens (including phenoxy) is 1. The van der Waals surface area contributed by atoms with Gasteiger partial charge in [-0.05, 0) is 18.6 Å². The fourth-order valence-corrected chi connectivity index (χ4v) is 2.97. The lowest BCUT2D eigenvalue weighted by Crippen LogP contribution is -2.36. The second kappa shape index (κ2) is 8.03. The molecule has 2 aromatic heterocycles. The number of imidazole rings is 1. The number of carbonyl (C=O) groups is 2. The Morgan fingerprint density at radius 3 is 2.75 bits per heavy atom. The summed E-state index contributed by atoms with van der Waals surface area (Å²) < 4.78 is 7.79. The van der Waals surface area contributed by atoms with Crippen LogP contribution in [0.3, 0.4) is 0 Å². The van der Waals surface area contributed by atoms with Crippen molar-refractivity contribution < 1.29 is 14.3 Å². The molecule has 3 rings (SSSR count). The summed E-state index contributed by atoms with van der Waals surface area (Å²) in [6.45, 7) is 2.03. The number of nitrogens with zero attached hydrogens (tertiary/aromatic N) is 4. The van der Waals surface area contributed by atoms with Crippen molar-refractivity contribution in [3.63, 3.8) is 0 Å². The van der Waals surface area contributed by atoms with Crippen LogP contribution in [0.2, 0.25) is 0 Å². The van der Waals surface area contributed by atoms with Gasteiger partial charge in [0.15, 0.2) is 6.04 Å². The minimum Gasteiger partial charge on any atom is -0.467 e. The molecule has 2 heterocycles. The predicted octanol–water partition coefficient (Wildman–Crippen LogP) is 0.859. The summed E-state index contributed by atoms with van der Waals surface area (Å²) in [7, 11) is 2.97. The molecule has 1 aromatic carbocycles. The Kier molecular flexibility index (Phi) is 5.53. The molecule has 1 unspecified atom stereocenters. The molecule has 0 spiro atoms. The topological polar surface area (TPSA) is 108 Å². The Bertz CT molecular complexity index is 1090. The quantitative estimate of drug-likeness (QED) is 0.633. The highest BCUT2D eigenvalue weighted by molar-refractivity contribution is 5.85. The smallest absolute Gasteiger partial charge is 0.334 e. The van der Waals surface area contributed by atoms with E-state index in [1.807, 2.05) is 13.0 Å². The summed E-state index contributed by atoms with van der Waals surface area (Å²) >= 11 is 0. The van der Waals surface area contributed by atoms with Crippen molar-refractivity contribution in [3.8, 4) is 0 Å². The average molecular weight is 383 g/mol. The normalized spacial score (nSPS) is 12.0. The summed E-state index contributed by atoms with van der Waals surface area (Å²) in [5, 5.41) is 3.14. The molecule has 0 fully saturated rings. The monoisotopic (exact) mass is 383 g/mol. The molecule has 0 saturated carbocycles. The van der Waals surface area contributed by atoms with Crippen LogP contribution in [0.1, 0.15) is 23.7 Å². The van der Waals surface area contributed by atoms with Gasteiger partial charge in [-0.3, -0.25) is 14.2 Å². The fraction of sp³-hybridized carbons (Fsp3) is 0.316. The third kappa shape index (κ3) is 3.78. The van der Waals surface area contributed by atoms with Crippen LogP contribution in [-0.2, 0) is 27.9 Å². The summed E-state index contributed by atoms with van der Waals surface area (Å²) in [4.78, 5) is 45.3. The van der Waals surface area contributed by atoms with Crippen molar-refractivity contribution >= 4 is 22.8 Å². The molecule has 1 atom stereocenters. The molecule has 0 bridgehead atoms. The zero-order chi connectivity index (χ0) is 20.3. The zero-order valence-electron chi connectivity index (χ0n) is 15.9. The van der Waals surface area contributed by atoms with E-state index in [0.29, 0.717) is 16.6 Å². The van der Waals surface area contributed by atoms with Gasteiger partial charge < -0.3 is 14.6 Å². The molecule has 1 N–H and O–H groups in total. The SMILES string of the molecule is COC(=O)C(NC(=O)CCn1cnc2c(C)cccc2c1=O)c1cncn1C. The van der Waals surface area contributed by atoms with E-state index in [1.165, 1.54) is 30.5 Å². The van der Waals surface area contributed by atoms with E-state index in [0.717, 1.165) is 5.56 Å². The lowest BCUT2D eigenvalue weighted by atomic mass is 10.1. The summed E-state index contributed by atoms with van der Waals surface area (Å²) in [5.74, 6) is -0.996. The second-order valence-corrected chi connectivity index (χ2v) is 6.42. The number of amides is 1. The highest BCUT2D eigenvalue weighted by atomic mass is 16.5. The van der Waals surface area contributed by atoms with Crippen LogP contribution >= 0.6 is 0 Å². The van der Waals surface area contributed by atoms with E-state index in [-0.39, 0.29) is 18.5 Å². The number of carbonyl (C=O) groups excluding carboxylic acids is 2. The molecule has 1 amide bonds. The average Bonchev–Trinajstić information content (AvgIpc) is 3.11. The first-order chi connectivity index (χ1) is 13.4. The molecule has 0 aliphatic carbocycles. The van der Waals surface area contributed by atoms with Crippen LogP contribution in [0.15, 0.2) is 41.8 Å². The number of methoxy groups -OCH3 is 1. The highest BCUT2D eigenvalue weighted by Gasteiger charge is 2.26. The Morgan fingerprint density at radius 2 is 2.07 bits per heavy atom. The number of hydrogen-bond donors (Lipinski definition) is 1. The van der Waals surface area contributed by atoms with E-state index >= 15 is 0 Å². The van der Waals surface area contributed by atoms with Crippen molar-refractivity contribution in [2.75, 3.05) is 7.11 Å². The number of esters is 1. The van der Waals surface area contributed by atoms with E-state index in [1.54, 1.807) is 23.7 Å². The number of aryl methyl sites for hydroxylation is 3. The Hall–Kier alpha value is -3.49. The van der Waals surface area contributed by atoms with Gasteiger partial charge in [-0.1, -0.05) is 12.1 Å². The molecule has 0 aliphatic heterocycles. The molecule has 0 radical (unpaired) electrons. The van der Waals surface area contributed by atoms with E-state index in [2.05, 4.69) is 15.3 Å². The molecule has 3 aromatic rings. The molecule has 146 valence electrons. The molecular weight excluding hydrogens is 362 g/mol. The van der Waals surface area contributed by atoms with E-state index in [4.69, 9.17) is 4.74 Å². The Labute approximate surface area is 161 Å². The van der Waals surface area contributed by atoms with Gasteiger partial charge in [0.25, 0.3) is 5.56 Å². The van der Waals surface area contributed by atoms with Gasteiger partial charge in [-0.15, -0.1) is 0 Å². The summed E-state index contributed by atoms with van der Waals surface area (Å²) in [6.07, 6.45) is 4.45. The molecular formula is C19H21N5O4. The molecule has 9 heteroatoms. The number of aromatic nitrogens is 4. The molecule has 0 aliphatic rings. The summed E-state index contributed by atoms with van der Waals surface area (Å²) in [5.41, 5.74) is 1.85. The van der Waals surface area contributed by atoms with Crippen LogP contribution in [0.25, 0.3) is 10.9 Å². The van der Waals surface area contributed by atoms with Crippen molar-refractivity contribution in [1.29, 1.82) is 0 Å². The number of hydrogen-bond acceptors (Lipinski definition) is 6. The lowest BCUT2D eigenvalue weighted by molar-refractivity contribution is -0.145. The van der Waals surface area contributed by atoms with Crippen LogP contribution in [-0.4, -0.2) is 38.1 Å². The van der Waals surface area contributed by atoms with Gasteiger partial charge in [-0.2, -0.15) is 0 Å². The number of para-hydroxylation sites is 1. The van der Waals surface area contributed by atoms with Gasteiger partial charge in [0.2, 0.25) is 5.91 Å². The Balaban J connectivity index is 1.74. The largest absolute Gasteiger partial charge is 0.467 e. The minimum atomic E-state index is -0.973. The maximum atomic E-state index is 12.6. The van der Waals surface area contributed by atoms with Gasteiger partial charge >= 0.3 is 5.97 Å². The first-order valence-corrected chi connectivity index (χ1v) is 8.70. The maximum absolute atomic E-state index is 12.6. The number of rotatable bonds is 6. The second-order valence-electron chi connectivity index (χ2n) is 6.42. The number of benzene rings is 1. The fourth-order valence-electron chi connectivity index (χ4n) is 2.97. The standard InChI is InChI=1S/C19H21N5O4/c1-12-5-4-6-13-16(12)21-11-24(18(13)26)8-7-15(25)22-17(19(27)28-3)14-9-20-10-23(14)2/h4-6,9-11,17H,7-8H2,1-3H3,(H,22,25). The maximum Gasteiger partial charge on any atom is 0.334 e. The van der Waals surface area contributed by atoms with E-state index in [9.17, 15) is 14.4 Å². The third-order valence-corrected chi connectivity index (χ3v) is 4.53. The number of fused-ring (bicyclic) bond motifs is 1. The first-order valence-electron chi connectivity index (χ1n) is 8.70. The predicted molar refractivity (Wildman–Crippen MR) is 101 cm³/mol. The zero-order valence-corrected chi connectivity index (χ0v) is 15.9. The highest BCUT2D eigenvalue weighted by Crippen LogP contribution is 2.14. The third-order valence-electron chi connectivity index (χ3n) is 4.53. The van der Waals surface area contributed by atoms with Crippen molar-refractivity contribution in [1.82, 2.24) is 24.4 Å². The van der Waals surface area contributed by atoms with Crippen LogP contribution < -0.4 is 10.9 Å². The van der Waals surface area contributed by atoms with Crippen LogP contribution in [0.4, 0.5) is 0 Å². The van der Waals surface area contributed by atoms with Crippen LogP contribution in [0, 0.1) is 6.92 Å². The van der Waals surface area contributed by atoms with Crippen molar-refractivity contribution in [2.24, 2.45) is 7.05 Å². The molecule has 0 saturated heterocycles.